The monoisotopic (exact) mass is 371 g/mol. The molecule has 0 aliphatic rings. The molecule has 0 saturated carbocycles. The lowest BCUT2D eigenvalue weighted by Gasteiger charge is -2.04. The number of aromatic nitrogens is 4. The Hall–Kier alpha value is -2.15. The lowest BCUT2D eigenvalue weighted by Crippen LogP contribution is -2.17. The minimum atomic E-state index is 0.755. The van der Waals surface area contributed by atoms with Crippen LogP contribution in [0.5, 0.6) is 0 Å². The maximum atomic E-state index is 5.87. The first kappa shape index (κ1) is 17.7. The van der Waals surface area contributed by atoms with Crippen molar-refractivity contribution < 1.29 is 0 Å². The second-order valence-corrected chi connectivity index (χ2v) is 6.71. The molecule has 25 heavy (non-hydrogen) atoms. The van der Waals surface area contributed by atoms with Crippen LogP contribution in [-0.2, 0) is 0 Å². The average Bonchev–Trinajstić information content (AvgIpc) is 3.12. The summed E-state index contributed by atoms with van der Waals surface area (Å²) in [5.41, 5.74) is 2.11. The van der Waals surface area contributed by atoms with Crippen molar-refractivity contribution in [1.29, 1.82) is 0 Å². The van der Waals surface area contributed by atoms with E-state index in [0.717, 1.165) is 40.3 Å². The number of halogens is 1. The van der Waals surface area contributed by atoms with E-state index in [-0.39, 0.29) is 0 Å². The van der Waals surface area contributed by atoms with Gasteiger partial charge in [0.1, 0.15) is 0 Å². The predicted octanol–water partition coefficient (Wildman–Crippen LogP) is 3.71. The van der Waals surface area contributed by atoms with Gasteiger partial charge in [-0.3, -0.25) is 0 Å². The summed E-state index contributed by atoms with van der Waals surface area (Å²) in [6, 6.07) is 17.7. The Balaban J connectivity index is 1.39. The molecule has 3 aromatic rings. The zero-order valence-electron chi connectivity index (χ0n) is 13.5. The number of nitrogens with zero attached hydrogens (tertiary/aromatic N) is 4. The van der Waals surface area contributed by atoms with Gasteiger partial charge in [0, 0.05) is 23.9 Å². The van der Waals surface area contributed by atoms with E-state index in [1.165, 1.54) is 0 Å². The summed E-state index contributed by atoms with van der Waals surface area (Å²) < 4.78 is 1.76. The van der Waals surface area contributed by atoms with Gasteiger partial charge in [-0.25, -0.2) is 0 Å². The van der Waals surface area contributed by atoms with Crippen LogP contribution in [0.2, 0.25) is 5.02 Å². The fraction of sp³-hybridized carbons (Fsp3) is 0.167. The third-order valence-corrected chi connectivity index (χ3v) is 4.57. The molecule has 2 aromatic carbocycles. The number of nitrogens with one attached hydrogen (secondary N) is 1. The lowest BCUT2D eigenvalue weighted by atomic mass is 10.2. The van der Waals surface area contributed by atoms with Gasteiger partial charge in [-0.1, -0.05) is 65.8 Å². The smallest absolute Gasteiger partial charge is 0.214 e. The topological polar surface area (TPSA) is 55.6 Å². The highest BCUT2D eigenvalue weighted by Crippen LogP contribution is 2.17. The normalized spacial score (nSPS) is 11.2. The number of thioether (sulfide) groups is 1. The Bertz CT molecular complexity index is 802. The van der Waals surface area contributed by atoms with Crippen molar-refractivity contribution in [3.8, 4) is 5.69 Å². The van der Waals surface area contributed by atoms with Crippen LogP contribution in [0.15, 0.2) is 65.8 Å². The van der Waals surface area contributed by atoms with Gasteiger partial charge in [0.05, 0.1) is 5.69 Å². The number of benzene rings is 2. The largest absolute Gasteiger partial charge is 0.312 e. The molecule has 1 N–H and O–H groups in total. The summed E-state index contributed by atoms with van der Waals surface area (Å²) in [7, 11) is 0. The molecule has 0 aliphatic heterocycles. The molecule has 0 unspecified atom stereocenters. The molecule has 1 heterocycles. The number of hydrogen-bond acceptors (Lipinski definition) is 5. The highest BCUT2D eigenvalue weighted by atomic mass is 35.5. The van der Waals surface area contributed by atoms with Crippen LogP contribution in [0.3, 0.4) is 0 Å². The van der Waals surface area contributed by atoms with Crippen molar-refractivity contribution in [2.45, 2.75) is 5.16 Å². The molecule has 0 saturated heterocycles. The second kappa shape index (κ2) is 9.36. The fourth-order valence-corrected chi connectivity index (χ4v) is 3.08. The molecule has 3 rings (SSSR count). The van der Waals surface area contributed by atoms with Crippen molar-refractivity contribution in [2.24, 2.45) is 0 Å². The first-order valence-corrected chi connectivity index (χ1v) is 9.29. The van der Waals surface area contributed by atoms with E-state index < -0.39 is 0 Å². The molecule has 0 radical (unpaired) electrons. The van der Waals surface area contributed by atoms with Crippen LogP contribution < -0.4 is 5.32 Å². The minimum absolute atomic E-state index is 0.755. The van der Waals surface area contributed by atoms with Gasteiger partial charge >= 0.3 is 0 Å². The van der Waals surface area contributed by atoms with Gasteiger partial charge in [-0.2, -0.15) is 4.68 Å². The van der Waals surface area contributed by atoms with Crippen molar-refractivity contribution in [1.82, 2.24) is 25.5 Å². The molecule has 0 aliphatic carbocycles. The quantitative estimate of drug-likeness (QED) is 0.483. The lowest BCUT2D eigenvalue weighted by molar-refractivity contribution is 0.754. The van der Waals surface area contributed by atoms with Crippen LogP contribution in [0, 0.1) is 0 Å². The highest BCUT2D eigenvalue weighted by Gasteiger charge is 2.07. The molecule has 0 atom stereocenters. The zero-order chi connectivity index (χ0) is 17.3. The summed E-state index contributed by atoms with van der Waals surface area (Å²) >= 11 is 7.50. The van der Waals surface area contributed by atoms with Crippen LogP contribution in [-0.4, -0.2) is 39.0 Å². The second-order valence-electron chi connectivity index (χ2n) is 5.22. The molecule has 0 fully saturated rings. The summed E-state index contributed by atoms with van der Waals surface area (Å²) in [6.07, 6.45) is 4.17. The predicted molar refractivity (Wildman–Crippen MR) is 103 cm³/mol. The van der Waals surface area contributed by atoms with E-state index in [2.05, 4.69) is 33.0 Å². The fourth-order valence-electron chi connectivity index (χ4n) is 2.17. The Morgan fingerprint density at radius 2 is 1.88 bits per heavy atom. The number of tetrazole rings is 1. The van der Waals surface area contributed by atoms with Crippen LogP contribution in [0.25, 0.3) is 11.8 Å². The Morgan fingerprint density at radius 1 is 1.08 bits per heavy atom. The molecule has 1 aromatic heterocycles. The molecule has 0 amide bonds. The van der Waals surface area contributed by atoms with Crippen LogP contribution >= 0.6 is 23.4 Å². The van der Waals surface area contributed by atoms with Gasteiger partial charge in [-0.05, 0) is 40.3 Å². The SMILES string of the molecule is Clc1ccc(/C=C\CNCCSc2nnnn2-c2ccccc2)cc1. The van der Waals surface area contributed by atoms with Crippen molar-refractivity contribution in [2.75, 3.05) is 18.8 Å². The average molecular weight is 372 g/mol. The third kappa shape index (κ3) is 5.42. The first-order chi connectivity index (χ1) is 12.3. The molecule has 0 bridgehead atoms. The Morgan fingerprint density at radius 3 is 2.68 bits per heavy atom. The summed E-state index contributed by atoms with van der Waals surface area (Å²) in [6.45, 7) is 1.68. The number of hydrogen-bond donors (Lipinski definition) is 1. The summed E-state index contributed by atoms with van der Waals surface area (Å²) in [5, 5.41) is 16.8. The highest BCUT2D eigenvalue weighted by molar-refractivity contribution is 7.99. The van der Waals surface area contributed by atoms with Crippen molar-refractivity contribution >= 4 is 29.4 Å². The van der Waals surface area contributed by atoms with E-state index in [4.69, 9.17) is 11.6 Å². The Labute approximate surface area is 156 Å². The van der Waals surface area contributed by atoms with Crippen molar-refractivity contribution in [3.05, 3.63) is 71.3 Å². The molecule has 128 valence electrons. The number of para-hydroxylation sites is 1. The van der Waals surface area contributed by atoms with Crippen molar-refractivity contribution in [3.63, 3.8) is 0 Å². The standard InChI is InChI=1S/C18H18ClN5S/c19-16-10-8-15(9-11-16)5-4-12-20-13-14-25-18-21-22-23-24(18)17-6-2-1-3-7-17/h1-11,20H,12-14H2/b5-4-. The van der Waals surface area contributed by atoms with E-state index in [1.807, 2.05) is 54.6 Å². The maximum absolute atomic E-state index is 5.87. The van der Waals surface area contributed by atoms with Gasteiger partial charge in [0.2, 0.25) is 5.16 Å². The van der Waals surface area contributed by atoms with Gasteiger partial charge < -0.3 is 5.32 Å². The van der Waals surface area contributed by atoms with Gasteiger partial charge in [-0.15, -0.1) is 5.10 Å². The molecule has 0 spiro atoms. The van der Waals surface area contributed by atoms with E-state index in [0.29, 0.717) is 0 Å². The van der Waals surface area contributed by atoms with Crippen LogP contribution in [0.4, 0.5) is 0 Å². The van der Waals surface area contributed by atoms with Gasteiger partial charge in [0.15, 0.2) is 0 Å². The maximum Gasteiger partial charge on any atom is 0.214 e. The van der Waals surface area contributed by atoms with Crippen LogP contribution in [0.1, 0.15) is 5.56 Å². The minimum Gasteiger partial charge on any atom is -0.312 e. The first-order valence-electron chi connectivity index (χ1n) is 7.92. The van der Waals surface area contributed by atoms with E-state index in [9.17, 15) is 0 Å². The summed E-state index contributed by atoms with van der Waals surface area (Å²) in [5.74, 6) is 0.891. The van der Waals surface area contributed by atoms with E-state index >= 15 is 0 Å². The molecule has 7 heteroatoms. The molecular weight excluding hydrogens is 354 g/mol. The molecular formula is C18H18ClN5S. The third-order valence-electron chi connectivity index (χ3n) is 3.39. The number of rotatable bonds is 8. The van der Waals surface area contributed by atoms with E-state index in [1.54, 1.807) is 16.4 Å². The zero-order valence-corrected chi connectivity index (χ0v) is 15.1. The summed E-state index contributed by atoms with van der Waals surface area (Å²) in [4.78, 5) is 0. The van der Waals surface area contributed by atoms with Gasteiger partial charge in [0.25, 0.3) is 0 Å². The molecule has 5 nitrogen and oxygen atoms in total. The Kier molecular flexibility index (Phi) is 6.62.